The molecule has 1 unspecified atom stereocenters. The fourth-order valence-electron chi connectivity index (χ4n) is 7.76. The van der Waals surface area contributed by atoms with Gasteiger partial charge in [-0.1, -0.05) is 165 Å². The Morgan fingerprint density at radius 2 is 1.18 bits per heavy atom. The van der Waals surface area contributed by atoms with Crippen LogP contribution in [0.5, 0.6) is 0 Å². The third-order valence-corrected chi connectivity index (χ3v) is 11.0. The molecule has 1 heterocycles. The third kappa shape index (κ3) is 6.66. The van der Waals surface area contributed by atoms with Crippen molar-refractivity contribution in [3.63, 3.8) is 0 Å². The van der Waals surface area contributed by atoms with E-state index < -0.39 is 5.54 Å². The maximum atomic E-state index is 14.7. The number of carbonyl (C=O) groups excluding carboxylic acids is 2. The van der Waals surface area contributed by atoms with Gasteiger partial charge in [-0.2, -0.15) is 0 Å². The van der Waals surface area contributed by atoms with E-state index in [1.165, 1.54) is 48.1 Å². The van der Waals surface area contributed by atoms with E-state index in [0.29, 0.717) is 10.8 Å². The first-order valence-electron chi connectivity index (χ1n) is 17.4. The maximum absolute atomic E-state index is 14.7. The minimum absolute atomic E-state index is 0.181. The molecule has 246 valence electrons. The summed E-state index contributed by atoms with van der Waals surface area (Å²) in [5.41, 5.74) is 4.82. The Hall–Kier alpha value is -4.71. The number of hydrogen-bond donors (Lipinski definition) is 1. The molecule has 5 heteroatoms. The minimum Gasteiger partial charge on any atom is -0.303 e. The van der Waals surface area contributed by atoms with Crippen LogP contribution in [0.3, 0.4) is 0 Å². The van der Waals surface area contributed by atoms with E-state index in [0.717, 1.165) is 34.0 Å². The molecule has 1 saturated heterocycles. The number of nitrogens with one attached hydrogen (secondary N) is 1. The van der Waals surface area contributed by atoms with Crippen molar-refractivity contribution in [1.82, 2.24) is 10.2 Å². The summed E-state index contributed by atoms with van der Waals surface area (Å²) in [5, 5.41) is 3.69. The SMILES string of the molecule is C[C@@H](NC(c1cccc(C=C2SC(=O)N(C(c3ccccc3)(c3ccccc3)c3ccccc3)C2=O)c1)C1CCCCC1)c1ccccc1. The van der Waals surface area contributed by atoms with Gasteiger partial charge < -0.3 is 5.32 Å². The molecule has 0 radical (unpaired) electrons. The molecule has 0 spiro atoms. The zero-order chi connectivity index (χ0) is 33.6. The van der Waals surface area contributed by atoms with Gasteiger partial charge in [0, 0.05) is 12.1 Å². The zero-order valence-electron chi connectivity index (χ0n) is 27.9. The van der Waals surface area contributed by atoms with Crippen LogP contribution < -0.4 is 5.32 Å². The van der Waals surface area contributed by atoms with Crippen LogP contribution in [0.2, 0.25) is 0 Å². The number of benzene rings is 5. The van der Waals surface area contributed by atoms with Gasteiger partial charge in [0.25, 0.3) is 11.1 Å². The lowest BCUT2D eigenvalue weighted by Gasteiger charge is -2.41. The smallest absolute Gasteiger partial charge is 0.294 e. The molecule has 5 aromatic carbocycles. The van der Waals surface area contributed by atoms with Crippen molar-refractivity contribution in [2.24, 2.45) is 5.92 Å². The van der Waals surface area contributed by atoms with Crippen LogP contribution in [-0.4, -0.2) is 16.0 Å². The summed E-state index contributed by atoms with van der Waals surface area (Å²) in [6.45, 7) is 2.24. The summed E-state index contributed by atoms with van der Waals surface area (Å²) < 4.78 is 0. The Labute approximate surface area is 294 Å². The van der Waals surface area contributed by atoms with E-state index in [1.54, 1.807) is 0 Å². The van der Waals surface area contributed by atoms with Gasteiger partial charge >= 0.3 is 0 Å². The molecule has 4 nitrogen and oxygen atoms in total. The predicted octanol–water partition coefficient (Wildman–Crippen LogP) is 10.7. The van der Waals surface area contributed by atoms with E-state index in [-0.39, 0.29) is 23.2 Å². The van der Waals surface area contributed by atoms with Crippen LogP contribution in [0, 0.1) is 5.92 Å². The van der Waals surface area contributed by atoms with E-state index in [1.807, 2.05) is 103 Å². The van der Waals surface area contributed by atoms with Crippen molar-refractivity contribution in [1.29, 1.82) is 0 Å². The Morgan fingerprint density at radius 3 is 1.73 bits per heavy atom. The third-order valence-electron chi connectivity index (χ3n) is 10.1. The molecule has 0 aromatic heterocycles. The van der Waals surface area contributed by atoms with E-state index in [4.69, 9.17) is 0 Å². The highest BCUT2D eigenvalue weighted by Gasteiger charge is 2.52. The number of rotatable bonds is 10. The van der Waals surface area contributed by atoms with Gasteiger partial charge in [-0.25, -0.2) is 4.90 Å². The summed E-state index contributed by atoms with van der Waals surface area (Å²) in [4.78, 5) is 30.8. The van der Waals surface area contributed by atoms with Crippen molar-refractivity contribution < 1.29 is 9.59 Å². The van der Waals surface area contributed by atoms with Crippen LogP contribution in [0.15, 0.2) is 150 Å². The molecule has 2 fully saturated rings. The molecule has 0 bridgehead atoms. The molecular formula is C44H42N2O2S. The summed E-state index contributed by atoms with van der Waals surface area (Å²) in [6.07, 6.45) is 8.09. The topological polar surface area (TPSA) is 49.4 Å². The largest absolute Gasteiger partial charge is 0.303 e. The Kier molecular flexibility index (Phi) is 9.92. The van der Waals surface area contributed by atoms with Crippen molar-refractivity contribution in [3.8, 4) is 0 Å². The van der Waals surface area contributed by atoms with Gasteiger partial charge in [-0.05, 0) is 76.9 Å². The van der Waals surface area contributed by atoms with Gasteiger partial charge in [-0.3, -0.25) is 9.59 Å². The maximum Gasteiger partial charge on any atom is 0.294 e. The molecule has 5 aromatic rings. The fraction of sp³-hybridized carbons (Fsp3) is 0.227. The molecule has 1 saturated carbocycles. The number of carbonyl (C=O) groups is 2. The number of nitrogens with zero attached hydrogens (tertiary/aromatic N) is 1. The van der Waals surface area contributed by atoms with Gasteiger partial charge in [0.05, 0.1) is 4.91 Å². The molecule has 49 heavy (non-hydrogen) atoms. The van der Waals surface area contributed by atoms with Crippen LogP contribution >= 0.6 is 11.8 Å². The predicted molar refractivity (Wildman–Crippen MR) is 201 cm³/mol. The van der Waals surface area contributed by atoms with Crippen molar-refractivity contribution in [2.45, 2.75) is 56.7 Å². The molecule has 7 rings (SSSR count). The molecule has 1 N–H and O–H groups in total. The second kappa shape index (κ2) is 14.8. The van der Waals surface area contributed by atoms with E-state index >= 15 is 0 Å². The van der Waals surface area contributed by atoms with Crippen LogP contribution in [0.25, 0.3) is 6.08 Å². The summed E-state index contributed by atoms with van der Waals surface area (Å²) in [5.74, 6) is 0.238. The Bertz CT molecular complexity index is 1810. The molecule has 2 aliphatic rings. The van der Waals surface area contributed by atoms with Crippen LogP contribution in [0.4, 0.5) is 4.79 Å². The highest BCUT2D eigenvalue weighted by atomic mass is 32.2. The average molecular weight is 663 g/mol. The normalized spacial score (nSPS) is 17.7. The first-order chi connectivity index (χ1) is 24.1. The number of imide groups is 1. The summed E-state index contributed by atoms with van der Waals surface area (Å²) in [6, 6.07) is 49.2. The quantitative estimate of drug-likeness (QED) is 0.119. The highest BCUT2D eigenvalue weighted by Crippen LogP contribution is 2.49. The lowest BCUT2D eigenvalue weighted by molar-refractivity contribution is -0.125. The van der Waals surface area contributed by atoms with Crippen molar-refractivity contribution >= 4 is 29.0 Å². The monoisotopic (exact) mass is 662 g/mol. The number of amides is 2. The first-order valence-corrected chi connectivity index (χ1v) is 18.2. The van der Waals surface area contributed by atoms with Gasteiger partial charge in [-0.15, -0.1) is 0 Å². The van der Waals surface area contributed by atoms with Crippen molar-refractivity contribution in [3.05, 3.63) is 184 Å². The first kappa shape index (κ1) is 32.8. The minimum atomic E-state index is -1.15. The van der Waals surface area contributed by atoms with E-state index in [9.17, 15) is 9.59 Å². The van der Waals surface area contributed by atoms with Gasteiger partial charge in [0.2, 0.25) is 0 Å². The molecule has 1 aliphatic carbocycles. The lowest BCUT2D eigenvalue weighted by Crippen LogP contribution is -2.50. The Balaban J connectivity index is 1.27. The second-order valence-corrected chi connectivity index (χ2v) is 14.2. The van der Waals surface area contributed by atoms with Crippen LogP contribution in [0.1, 0.15) is 84.5 Å². The fourth-order valence-corrected chi connectivity index (χ4v) is 8.63. The molecule has 2 amide bonds. The van der Waals surface area contributed by atoms with Crippen molar-refractivity contribution in [2.75, 3.05) is 0 Å². The number of hydrogen-bond acceptors (Lipinski definition) is 4. The van der Waals surface area contributed by atoms with Gasteiger partial charge in [0.15, 0.2) is 0 Å². The standard InChI is InChI=1S/C44H42N2O2S/c1-32(34-19-7-2-8-20-34)45-41(35-21-9-3-10-22-35)36-23-17-18-33(30-36)31-40-42(47)46(43(48)49-40)44(37-24-11-4-12-25-37,38-26-13-5-14-27-38)39-28-15-6-16-29-39/h2,4-8,11-20,23-32,35,41,45H,3,9-10,21-22H2,1H3/t32-,41?/m1/s1. The highest BCUT2D eigenvalue weighted by molar-refractivity contribution is 8.18. The molecule has 1 aliphatic heterocycles. The van der Waals surface area contributed by atoms with Crippen LogP contribution in [-0.2, 0) is 10.3 Å². The average Bonchev–Trinajstić information content (AvgIpc) is 3.44. The Morgan fingerprint density at radius 1 is 0.673 bits per heavy atom. The van der Waals surface area contributed by atoms with Gasteiger partial charge in [0.1, 0.15) is 5.54 Å². The molecule has 2 atom stereocenters. The molecular weight excluding hydrogens is 621 g/mol. The summed E-state index contributed by atoms with van der Waals surface area (Å²) in [7, 11) is 0. The number of thioether (sulfide) groups is 1. The zero-order valence-corrected chi connectivity index (χ0v) is 28.7. The lowest BCUT2D eigenvalue weighted by atomic mass is 9.75. The second-order valence-electron chi connectivity index (χ2n) is 13.2. The summed E-state index contributed by atoms with van der Waals surface area (Å²) >= 11 is 1.02. The van der Waals surface area contributed by atoms with E-state index in [2.05, 4.69) is 60.8 Å².